The minimum atomic E-state index is -0.774. The van der Waals surface area contributed by atoms with Gasteiger partial charge in [0.15, 0.2) is 0 Å². The van der Waals surface area contributed by atoms with E-state index in [1.165, 1.54) is 7.11 Å². The van der Waals surface area contributed by atoms with Crippen LogP contribution >= 0.6 is 0 Å². The third-order valence-corrected chi connectivity index (χ3v) is 5.03. The van der Waals surface area contributed by atoms with Crippen LogP contribution in [0.1, 0.15) is 34.8 Å². The van der Waals surface area contributed by atoms with Gasteiger partial charge in [0.1, 0.15) is 6.04 Å². The maximum atomic E-state index is 13.2. The molecule has 1 N–H and O–H groups in total. The molecule has 0 aromatic heterocycles. The van der Waals surface area contributed by atoms with Crippen LogP contribution in [0, 0.1) is 5.92 Å². The van der Waals surface area contributed by atoms with Gasteiger partial charge in [-0.3, -0.25) is 14.4 Å². The Balaban J connectivity index is 1.75. The van der Waals surface area contributed by atoms with E-state index in [2.05, 4.69) is 5.32 Å². The van der Waals surface area contributed by atoms with Crippen LogP contribution in [-0.2, 0) is 14.3 Å². The maximum Gasteiger partial charge on any atom is 0.308 e. The van der Waals surface area contributed by atoms with Gasteiger partial charge in [0, 0.05) is 18.7 Å². The summed E-state index contributed by atoms with van der Waals surface area (Å²) < 4.78 is 4.80. The van der Waals surface area contributed by atoms with E-state index in [0.29, 0.717) is 31.5 Å². The lowest BCUT2D eigenvalue weighted by molar-refractivity contribution is -0.149. The standard InChI is InChI=1S/C22H24N2O4/c1-28-22(27)18-12-14-24(15-13-18)21(26)19(16-8-4-2-5-9-16)23-20(25)17-10-6-3-7-11-17/h2-11,18-19H,12-15H2,1H3,(H,23,25). The number of hydrogen-bond acceptors (Lipinski definition) is 4. The molecular formula is C22H24N2O4. The fraction of sp³-hybridized carbons (Fsp3) is 0.318. The van der Waals surface area contributed by atoms with Crippen molar-refractivity contribution in [3.63, 3.8) is 0 Å². The van der Waals surface area contributed by atoms with Crippen LogP contribution in [-0.4, -0.2) is 42.9 Å². The summed E-state index contributed by atoms with van der Waals surface area (Å²) in [5, 5.41) is 2.87. The molecular weight excluding hydrogens is 356 g/mol. The van der Waals surface area contributed by atoms with Gasteiger partial charge >= 0.3 is 5.97 Å². The zero-order valence-electron chi connectivity index (χ0n) is 15.8. The fourth-order valence-electron chi connectivity index (χ4n) is 3.42. The van der Waals surface area contributed by atoms with Gasteiger partial charge in [-0.2, -0.15) is 0 Å². The Bertz CT molecular complexity index is 815. The Hall–Kier alpha value is -3.15. The first-order valence-electron chi connectivity index (χ1n) is 9.37. The lowest BCUT2D eigenvalue weighted by Crippen LogP contribution is -2.47. The molecule has 1 aliphatic rings. The van der Waals surface area contributed by atoms with Gasteiger partial charge in [-0.15, -0.1) is 0 Å². The van der Waals surface area contributed by atoms with Crippen LogP contribution < -0.4 is 5.32 Å². The average molecular weight is 380 g/mol. The molecule has 1 unspecified atom stereocenters. The van der Waals surface area contributed by atoms with Gasteiger partial charge in [0.2, 0.25) is 5.91 Å². The minimum absolute atomic E-state index is 0.168. The molecule has 6 heteroatoms. The molecule has 2 aromatic carbocycles. The number of carbonyl (C=O) groups is 3. The Morgan fingerprint density at radius 3 is 2.11 bits per heavy atom. The number of amides is 2. The highest BCUT2D eigenvalue weighted by atomic mass is 16.5. The molecule has 1 atom stereocenters. The van der Waals surface area contributed by atoms with Crippen molar-refractivity contribution >= 4 is 17.8 Å². The first kappa shape index (κ1) is 19.6. The molecule has 0 saturated carbocycles. The number of benzene rings is 2. The predicted octanol–water partition coefficient (Wildman–Crippen LogP) is 2.57. The number of methoxy groups -OCH3 is 1. The summed E-state index contributed by atoms with van der Waals surface area (Å²) in [4.78, 5) is 39.3. The zero-order chi connectivity index (χ0) is 19.9. The third kappa shape index (κ3) is 4.57. The molecule has 146 valence electrons. The number of nitrogens with zero attached hydrogens (tertiary/aromatic N) is 1. The van der Waals surface area contributed by atoms with Crippen LogP contribution in [0.5, 0.6) is 0 Å². The molecule has 3 rings (SSSR count). The number of piperidine rings is 1. The molecule has 1 aliphatic heterocycles. The third-order valence-electron chi connectivity index (χ3n) is 5.03. The van der Waals surface area contributed by atoms with Crippen molar-refractivity contribution in [2.24, 2.45) is 5.92 Å². The number of rotatable bonds is 5. The molecule has 1 heterocycles. The van der Waals surface area contributed by atoms with Crippen molar-refractivity contribution < 1.29 is 19.1 Å². The van der Waals surface area contributed by atoms with Gasteiger partial charge in [-0.05, 0) is 30.5 Å². The fourth-order valence-corrected chi connectivity index (χ4v) is 3.42. The molecule has 0 bridgehead atoms. The summed E-state index contributed by atoms with van der Waals surface area (Å²) in [7, 11) is 1.38. The van der Waals surface area contributed by atoms with Gasteiger partial charge < -0.3 is 15.0 Å². The second-order valence-electron chi connectivity index (χ2n) is 6.81. The lowest BCUT2D eigenvalue weighted by atomic mass is 9.95. The van der Waals surface area contributed by atoms with Crippen molar-refractivity contribution in [3.8, 4) is 0 Å². The molecule has 1 fully saturated rings. The van der Waals surface area contributed by atoms with E-state index in [0.717, 1.165) is 5.56 Å². The number of ether oxygens (including phenoxy) is 1. The normalized spacial score (nSPS) is 15.5. The monoisotopic (exact) mass is 380 g/mol. The molecule has 2 aromatic rings. The van der Waals surface area contributed by atoms with Crippen molar-refractivity contribution in [1.29, 1.82) is 0 Å². The van der Waals surface area contributed by atoms with E-state index in [-0.39, 0.29) is 23.7 Å². The molecule has 1 saturated heterocycles. The summed E-state index contributed by atoms with van der Waals surface area (Å²) in [5.74, 6) is -0.877. The molecule has 0 spiro atoms. The van der Waals surface area contributed by atoms with E-state index in [1.54, 1.807) is 29.2 Å². The van der Waals surface area contributed by atoms with Gasteiger partial charge in [-0.1, -0.05) is 48.5 Å². The highest BCUT2D eigenvalue weighted by Gasteiger charge is 2.32. The Labute approximate surface area is 164 Å². The maximum absolute atomic E-state index is 13.2. The van der Waals surface area contributed by atoms with E-state index in [4.69, 9.17) is 4.74 Å². The molecule has 28 heavy (non-hydrogen) atoms. The smallest absolute Gasteiger partial charge is 0.308 e. The average Bonchev–Trinajstić information content (AvgIpc) is 2.77. The van der Waals surface area contributed by atoms with Crippen LogP contribution in [0.3, 0.4) is 0 Å². The number of likely N-dealkylation sites (tertiary alicyclic amines) is 1. The van der Waals surface area contributed by atoms with E-state index in [1.807, 2.05) is 36.4 Å². The second kappa shape index (κ2) is 9.17. The first-order chi connectivity index (χ1) is 13.6. The molecule has 6 nitrogen and oxygen atoms in total. The number of carbonyl (C=O) groups excluding carboxylic acids is 3. The van der Waals surface area contributed by atoms with Gasteiger partial charge in [-0.25, -0.2) is 0 Å². The Morgan fingerprint density at radius 1 is 0.964 bits per heavy atom. The van der Waals surface area contributed by atoms with Crippen molar-refractivity contribution in [2.45, 2.75) is 18.9 Å². The van der Waals surface area contributed by atoms with Gasteiger partial charge in [0.25, 0.3) is 5.91 Å². The second-order valence-corrected chi connectivity index (χ2v) is 6.81. The quantitative estimate of drug-likeness (QED) is 0.809. The van der Waals surface area contributed by atoms with Gasteiger partial charge in [0.05, 0.1) is 13.0 Å². The number of nitrogens with one attached hydrogen (secondary N) is 1. The molecule has 0 aliphatic carbocycles. The van der Waals surface area contributed by atoms with Crippen LogP contribution in [0.2, 0.25) is 0 Å². The zero-order valence-corrected chi connectivity index (χ0v) is 15.8. The largest absolute Gasteiger partial charge is 0.469 e. The Kier molecular flexibility index (Phi) is 6.42. The summed E-state index contributed by atoms with van der Waals surface area (Å²) >= 11 is 0. The van der Waals surface area contributed by atoms with Crippen molar-refractivity contribution in [3.05, 3.63) is 71.8 Å². The number of esters is 1. The lowest BCUT2D eigenvalue weighted by Gasteiger charge is -2.33. The van der Waals surface area contributed by atoms with Crippen molar-refractivity contribution in [2.75, 3.05) is 20.2 Å². The predicted molar refractivity (Wildman–Crippen MR) is 104 cm³/mol. The summed E-state index contributed by atoms with van der Waals surface area (Å²) in [6.45, 7) is 0.923. The topological polar surface area (TPSA) is 75.7 Å². The summed E-state index contributed by atoms with van der Waals surface area (Å²) in [6.07, 6.45) is 1.12. The Morgan fingerprint density at radius 2 is 1.54 bits per heavy atom. The summed E-state index contributed by atoms with van der Waals surface area (Å²) in [6, 6.07) is 17.3. The van der Waals surface area contributed by atoms with Crippen LogP contribution in [0.15, 0.2) is 60.7 Å². The molecule has 0 radical (unpaired) electrons. The highest BCUT2D eigenvalue weighted by molar-refractivity contribution is 5.97. The highest BCUT2D eigenvalue weighted by Crippen LogP contribution is 2.23. The van der Waals surface area contributed by atoms with Crippen molar-refractivity contribution in [1.82, 2.24) is 10.2 Å². The summed E-state index contributed by atoms with van der Waals surface area (Å²) in [5.41, 5.74) is 1.23. The minimum Gasteiger partial charge on any atom is -0.469 e. The van der Waals surface area contributed by atoms with E-state index >= 15 is 0 Å². The number of hydrogen-bond donors (Lipinski definition) is 1. The van der Waals surface area contributed by atoms with E-state index < -0.39 is 6.04 Å². The van der Waals surface area contributed by atoms with Crippen LogP contribution in [0.4, 0.5) is 0 Å². The molecule has 2 amide bonds. The SMILES string of the molecule is COC(=O)C1CCN(C(=O)C(NC(=O)c2ccccc2)c2ccccc2)CC1. The first-order valence-corrected chi connectivity index (χ1v) is 9.37. The van der Waals surface area contributed by atoms with E-state index in [9.17, 15) is 14.4 Å². The van der Waals surface area contributed by atoms with Crippen LogP contribution in [0.25, 0.3) is 0 Å².